The Balaban J connectivity index is 2.42. The first kappa shape index (κ1) is 24.6. The minimum atomic E-state index is -1.22. The standard InChI is InChI=1S/C20H26F2N6O4/c1-9(2)5-15(10(3)25-20(30)31)27-18-13(21)7-12(16(23)29)17(28-18)26-11-6-14(22)19(32-4)24-8-11/h6-10,15,25H,5H2,1-4H3,(H2,23,29)(H,30,31)(H2,26,27,28)/t10-,15-/m0/s1. The van der Waals surface area contributed by atoms with E-state index in [1.165, 1.54) is 13.3 Å². The van der Waals surface area contributed by atoms with Gasteiger partial charge in [0.2, 0.25) is 5.88 Å². The highest BCUT2D eigenvalue weighted by Gasteiger charge is 2.24. The third-order valence-corrected chi connectivity index (χ3v) is 4.51. The highest BCUT2D eigenvalue weighted by molar-refractivity contribution is 5.98. The van der Waals surface area contributed by atoms with Crippen molar-refractivity contribution in [1.29, 1.82) is 0 Å². The molecule has 0 aromatic carbocycles. The van der Waals surface area contributed by atoms with E-state index in [-0.39, 0.29) is 34.7 Å². The zero-order valence-electron chi connectivity index (χ0n) is 18.1. The fraction of sp³-hybridized carbons (Fsp3) is 0.400. The molecule has 2 aromatic rings. The van der Waals surface area contributed by atoms with Gasteiger partial charge in [-0.05, 0) is 25.3 Å². The van der Waals surface area contributed by atoms with E-state index >= 15 is 0 Å². The molecule has 0 spiro atoms. The molecular weight excluding hydrogens is 426 g/mol. The summed E-state index contributed by atoms with van der Waals surface area (Å²) in [7, 11) is 1.26. The van der Waals surface area contributed by atoms with Gasteiger partial charge >= 0.3 is 6.09 Å². The number of rotatable bonds is 10. The van der Waals surface area contributed by atoms with Crippen molar-refractivity contribution in [1.82, 2.24) is 15.3 Å². The molecule has 0 saturated carbocycles. The Morgan fingerprint density at radius 3 is 2.41 bits per heavy atom. The van der Waals surface area contributed by atoms with E-state index in [4.69, 9.17) is 15.6 Å². The maximum atomic E-state index is 14.7. The third kappa shape index (κ3) is 6.40. The summed E-state index contributed by atoms with van der Waals surface area (Å²) in [4.78, 5) is 30.7. The summed E-state index contributed by atoms with van der Waals surface area (Å²) < 4.78 is 33.5. The van der Waals surface area contributed by atoms with Gasteiger partial charge in [-0.25, -0.2) is 23.5 Å². The molecule has 2 amide bonds. The average molecular weight is 452 g/mol. The van der Waals surface area contributed by atoms with Gasteiger partial charge in [-0.15, -0.1) is 0 Å². The number of amides is 2. The summed E-state index contributed by atoms with van der Waals surface area (Å²) >= 11 is 0. The average Bonchev–Trinajstić information content (AvgIpc) is 2.68. The van der Waals surface area contributed by atoms with Crippen LogP contribution in [0.2, 0.25) is 0 Å². The number of aromatic nitrogens is 2. The van der Waals surface area contributed by atoms with Crippen LogP contribution in [0.3, 0.4) is 0 Å². The Morgan fingerprint density at radius 2 is 1.88 bits per heavy atom. The highest BCUT2D eigenvalue weighted by Crippen LogP contribution is 2.26. The molecule has 2 aromatic heterocycles. The monoisotopic (exact) mass is 452 g/mol. The zero-order valence-corrected chi connectivity index (χ0v) is 18.1. The van der Waals surface area contributed by atoms with E-state index in [0.717, 1.165) is 12.1 Å². The molecule has 0 aliphatic carbocycles. The number of carboxylic acid groups (broad SMARTS) is 1. The second-order valence-corrected chi connectivity index (χ2v) is 7.54. The second kappa shape index (κ2) is 10.6. The number of nitrogens with one attached hydrogen (secondary N) is 3. The maximum absolute atomic E-state index is 14.7. The lowest BCUT2D eigenvalue weighted by atomic mass is 9.98. The molecule has 0 saturated heterocycles. The third-order valence-electron chi connectivity index (χ3n) is 4.51. The first-order valence-corrected chi connectivity index (χ1v) is 9.74. The Morgan fingerprint density at radius 1 is 1.19 bits per heavy atom. The Kier molecular flexibility index (Phi) is 8.10. The van der Waals surface area contributed by atoms with Crippen molar-refractivity contribution < 1.29 is 28.2 Å². The van der Waals surface area contributed by atoms with Crippen LogP contribution in [0.1, 0.15) is 37.6 Å². The summed E-state index contributed by atoms with van der Waals surface area (Å²) in [6.07, 6.45) is 0.517. The lowest BCUT2D eigenvalue weighted by molar-refractivity contribution is 0.100. The highest BCUT2D eigenvalue weighted by atomic mass is 19.1. The molecule has 0 fully saturated rings. The van der Waals surface area contributed by atoms with E-state index in [2.05, 4.69) is 25.9 Å². The van der Waals surface area contributed by atoms with Gasteiger partial charge < -0.3 is 31.5 Å². The largest absolute Gasteiger partial charge is 0.479 e. The predicted molar refractivity (Wildman–Crippen MR) is 114 cm³/mol. The van der Waals surface area contributed by atoms with E-state index in [9.17, 15) is 18.4 Å². The summed E-state index contributed by atoms with van der Waals surface area (Å²) in [5.41, 5.74) is 5.20. The van der Waals surface area contributed by atoms with Crippen molar-refractivity contribution in [2.45, 2.75) is 39.3 Å². The number of halogens is 2. The molecule has 6 N–H and O–H groups in total. The number of nitrogens with two attached hydrogens (primary N) is 1. The normalized spacial score (nSPS) is 12.7. The first-order chi connectivity index (χ1) is 15.0. The fourth-order valence-corrected chi connectivity index (χ4v) is 3.02. The van der Waals surface area contributed by atoms with Crippen LogP contribution in [0, 0.1) is 17.6 Å². The number of methoxy groups -OCH3 is 1. The fourth-order valence-electron chi connectivity index (χ4n) is 3.02. The van der Waals surface area contributed by atoms with Gasteiger partial charge in [0.1, 0.15) is 5.82 Å². The number of hydrogen-bond acceptors (Lipinski definition) is 7. The molecule has 0 unspecified atom stereocenters. The molecule has 12 heteroatoms. The smallest absolute Gasteiger partial charge is 0.404 e. The molecule has 32 heavy (non-hydrogen) atoms. The molecule has 0 bridgehead atoms. The summed E-state index contributed by atoms with van der Waals surface area (Å²) in [5, 5.41) is 17.0. The van der Waals surface area contributed by atoms with Gasteiger partial charge in [0.15, 0.2) is 17.5 Å². The van der Waals surface area contributed by atoms with E-state index < -0.39 is 35.7 Å². The van der Waals surface area contributed by atoms with E-state index in [0.29, 0.717) is 6.42 Å². The van der Waals surface area contributed by atoms with Crippen molar-refractivity contribution in [2.24, 2.45) is 11.7 Å². The number of ether oxygens (including phenoxy) is 1. The minimum Gasteiger partial charge on any atom is -0.479 e. The second-order valence-electron chi connectivity index (χ2n) is 7.54. The first-order valence-electron chi connectivity index (χ1n) is 9.74. The number of carbonyl (C=O) groups is 2. The number of hydrogen-bond donors (Lipinski definition) is 5. The zero-order chi connectivity index (χ0) is 24.0. The van der Waals surface area contributed by atoms with Crippen LogP contribution in [-0.4, -0.2) is 46.3 Å². The summed E-state index contributed by atoms with van der Waals surface area (Å²) in [6.45, 7) is 5.50. The molecule has 0 aliphatic heterocycles. The van der Waals surface area contributed by atoms with Crippen molar-refractivity contribution >= 4 is 29.3 Å². The van der Waals surface area contributed by atoms with Gasteiger partial charge in [0.25, 0.3) is 5.91 Å². The Hall–Kier alpha value is -3.70. The predicted octanol–water partition coefficient (Wildman–Crippen LogP) is 3.09. The maximum Gasteiger partial charge on any atom is 0.404 e. The van der Waals surface area contributed by atoms with E-state index in [1.54, 1.807) is 6.92 Å². The molecule has 2 atom stereocenters. The van der Waals surface area contributed by atoms with Crippen molar-refractivity contribution in [3.63, 3.8) is 0 Å². The van der Waals surface area contributed by atoms with Crippen LogP contribution < -0.4 is 26.4 Å². The van der Waals surface area contributed by atoms with E-state index in [1.807, 2.05) is 13.8 Å². The van der Waals surface area contributed by atoms with Gasteiger partial charge in [0.05, 0.1) is 24.6 Å². The van der Waals surface area contributed by atoms with Gasteiger partial charge in [0, 0.05) is 18.2 Å². The molecule has 2 rings (SSSR count). The molecule has 0 aliphatic rings. The molecule has 10 nitrogen and oxygen atoms in total. The SMILES string of the molecule is COc1ncc(Nc2nc(N[C@@H](CC(C)C)[C@H](C)NC(=O)O)c(F)cc2C(N)=O)cc1F. The molecule has 0 radical (unpaired) electrons. The number of nitrogens with zero attached hydrogens (tertiary/aromatic N) is 2. The van der Waals surface area contributed by atoms with Gasteiger partial charge in [-0.3, -0.25) is 4.79 Å². The van der Waals surface area contributed by atoms with Crippen LogP contribution in [0.15, 0.2) is 18.3 Å². The Labute approximate surface area is 183 Å². The quantitative estimate of drug-likeness (QED) is 0.369. The summed E-state index contributed by atoms with van der Waals surface area (Å²) in [5.74, 6) is -3.00. The topological polar surface area (TPSA) is 151 Å². The Bertz CT molecular complexity index is 989. The van der Waals surface area contributed by atoms with Crippen molar-refractivity contribution in [2.75, 3.05) is 17.7 Å². The lowest BCUT2D eigenvalue weighted by Gasteiger charge is -2.27. The van der Waals surface area contributed by atoms with Gasteiger partial charge in [-0.1, -0.05) is 13.8 Å². The van der Waals surface area contributed by atoms with Crippen LogP contribution >= 0.6 is 0 Å². The van der Waals surface area contributed by atoms with Crippen LogP contribution in [0.5, 0.6) is 5.88 Å². The lowest BCUT2D eigenvalue weighted by Crippen LogP contribution is -2.45. The van der Waals surface area contributed by atoms with Crippen LogP contribution in [0.4, 0.5) is 30.9 Å². The number of pyridine rings is 2. The molecular formula is C20H26F2N6O4. The molecule has 174 valence electrons. The number of anilines is 3. The minimum absolute atomic E-state index is 0.121. The number of primary amides is 1. The van der Waals surface area contributed by atoms with Crippen LogP contribution in [-0.2, 0) is 0 Å². The van der Waals surface area contributed by atoms with Crippen molar-refractivity contribution in [3.05, 3.63) is 35.5 Å². The molecule has 2 heterocycles. The van der Waals surface area contributed by atoms with Crippen molar-refractivity contribution in [3.8, 4) is 5.88 Å². The van der Waals surface area contributed by atoms with Crippen LogP contribution in [0.25, 0.3) is 0 Å². The number of carbonyl (C=O) groups excluding carboxylic acids is 1. The van der Waals surface area contributed by atoms with Gasteiger partial charge in [-0.2, -0.15) is 0 Å². The summed E-state index contributed by atoms with van der Waals surface area (Å²) in [6, 6.07) is 0.869.